The maximum atomic E-state index is 12.3. The zero-order chi connectivity index (χ0) is 14.9. The summed E-state index contributed by atoms with van der Waals surface area (Å²) < 4.78 is 0. The van der Waals surface area contributed by atoms with Gasteiger partial charge in [-0.3, -0.25) is 4.79 Å². The lowest BCUT2D eigenvalue weighted by Crippen LogP contribution is -2.27. The predicted molar refractivity (Wildman–Crippen MR) is 82.2 cm³/mol. The molecule has 1 amide bonds. The number of rotatable bonds is 4. The van der Waals surface area contributed by atoms with Crippen molar-refractivity contribution in [1.29, 1.82) is 0 Å². The van der Waals surface area contributed by atoms with E-state index in [0.717, 1.165) is 12.1 Å². The second-order valence-electron chi connectivity index (χ2n) is 6.68. The van der Waals surface area contributed by atoms with Gasteiger partial charge >= 0.3 is 0 Å². The minimum Gasteiger partial charge on any atom is -0.349 e. The topological polar surface area (TPSA) is 42.0 Å². The summed E-state index contributed by atoms with van der Waals surface area (Å²) in [4.78, 5) is 16.6. The summed E-state index contributed by atoms with van der Waals surface area (Å²) in [6.07, 6.45) is 3.46. The molecule has 0 radical (unpaired) electrons. The highest BCUT2D eigenvalue weighted by Gasteiger charge is 2.37. The van der Waals surface area contributed by atoms with Gasteiger partial charge in [-0.05, 0) is 30.9 Å². The van der Waals surface area contributed by atoms with Crippen molar-refractivity contribution in [3.05, 3.63) is 28.5 Å². The molecule has 2 atom stereocenters. The van der Waals surface area contributed by atoms with Gasteiger partial charge in [-0.25, -0.2) is 4.98 Å². The number of hydrogen-bond acceptors (Lipinski definition) is 2. The molecule has 1 aromatic rings. The van der Waals surface area contributed by atoms with Crippen molar-refractivity contribution in [2.24, 2.45) is 5.92 Å². The summed E-state index contributed by atoms with van der Waals surface area (Å²) in [6.45, 7) is 8.36. The van der Waals surface area contributed by atoms with E-state index in [0.29, 0.717) is 22.7 Å². The van der Waals surface area contributed by atoms with Gasteiger partial charge in [0, 0.05) is 22.7 Å². The van der Waals surface area contributed by atoms with Crippen LogP contribution in [0.3, 0.4) is 0 Å². The molecule has 1 aliphatic rings. The third kappa shape index (κ3) is 3.72. The maximum Gasteiger partial charge on any atom is 0.251 e. The Hall–Kier alpha value is -1.09. The van der Waals surface area contributed by atoms with Gasteiger partial charge in [0.1, 0.15) is 5.15 Å². The highest BCUT2D eigenvalue weighted by molar-refractivity contribution is 6.29. The fourth-order valence-electron chi connectivity index (χ4n) is 2.38. The highest BCUT2D eigenvalue weighted by atomic mass is 35.5. The first-order valence-electron chi connectivity index (χ1n) is 7.30. The molecule has 1 aromatic heterocycles. The number of amides is 1. The Morgan fingerprint density at radius 1 is 1.45 bits per heavy atom. The Morgan fingerprint density at radius 3 is 2.75 bits per heavy atom. The van der Waals surface area contributed by atoms with E-state index in [2.05, 4.69) is 38.0 Å². The van der Waals surface area contributed by atoms with Gasteiger partial charge in [0.05, 0.1) is 0 Å². The highest BCUT2D eigenvalue weighted by Crippen LogP contribution is 2.34. The third-order valence-electron chi connectivity index (χ3n) is 3.72. The van der Waals surface area contributed by atoms with E-state index in [1.807, 2.05) is 6.07 Å². The van der Waals surface area contributed by atoms with E-state index in [4.69, 9.17) is 11.6 Å². The average molecular weight is 295 g/mol. The third-order valence-corrected chi connectivity index (χ3v) is 3.92. The van der Waals surface area contributed by atoms with Crippen LogP contribution < -0.4 is 5.32 Å². The maximum absolute atomic E-state index is 12.3. The molecule has 1 fully saturated rings. The van der Waals surface area contributed by atoms with Crippen LogP contribution in [0, 0.1) is 5.92 Å². The van der Waals surface area contributed by atoms with Crippen LogP contribution in [0.15, 0.2) is 12.1 Å². The van der Waals surface area contributed by atoms with Crippen molar-refractivity contribution in [3.63, 3.8) is 0 Å². The molecule has 20 heavy (non-hydrogen) atoms. The lowest BCUT2D eigenvalue weighted by atomic mass is 9.91. The van der Waals surface area contributed by atoms with Gasteiger partial charge in [0.2, 0.25) is 0 Å². The summed E-state index contributed by atoms with van der Waals surface area (Å²) in [5, 5.41) is 3.46. The Kier molecular flexibility index (Phi) is 4.38. The second kappa shape index (κ2) is 5.72. The van der Waals surface area contributed by atoms with Crippen molar-refractivity contribution in [1.82, 2.24) is 10.3 Å². The summed E-state index contributed by atoms with van der Waals surface area (Å²) in [6, 6.07) is 3.83. The summed E-state index contributed by atoms with van der Waals surface area (Å²) >= 11 is 6.04. The van der Waals surface area contributed by atoms with Crippen LogP contribution in [0.2, 0.25) is 5.15 Å². The molecular weight excluding hydrogens is 272 g/mol. The average Bonchev–Trinajstić information content (AvgIpc) is 3.05. The SMILES string of the molecule is CCCC1CC1NC(=O)c1cc(Cl)nc(C(C)(C)C)c1. The summed E-state index contributed by atoms with van der Waals surface area (Å²) in [7, 11) is 0. The number of hydrogen-bond donors (Lipinski definition) is 1. The van der Waals surface area contributed by atoms with E-state index in [1.54, 1.807) is 6.07 Å². The van der Waals surface area contributed by atoms with Gasteiger partial charge in [-0.2, -0.15) is 0 Å². The molecule has 3 nitrogen and oxygen atoms in total. The summed E-state index contributed by atoms with van der Waals surface area (Å²) in [5.74, 6) is 0.617. The number of nitrogens with one attached hydrogen (secondary N) is 1. The molecule has 2 rings (SSSR count). The molecule has 0 aromatic carbocycles. The van der Waals surface area contributed by atoms with Crippen molar-refractivity contribution < 1.29 is 4.79 Å². The van der Waals surface area contributed by atoms with E-state index >= 15 is 0 Å². The second-order valence-corrected chi connectivity index (χ2v) is 7.07. The van der Waals surface area contributed by atoms with Crippen LogP contribution in [0.25, 0.3) is 0 Å². The van der Waals surface area contributed by atoms with Crippen molar-refractivity contribution in [2.45, 2.75) is 58.4 Å². The van der Waals surface area contributed by atoms with E-state index in [9.17, 15) is 4.79 Å². The Labute approximate surface area is 126 Å². The first-order valence-corrected chi connectivity index (χ1v) is 7.68. The molecule has 110 valence electrons. The normalized spacial score (nSPS) is 21.6. The smallest absolute Gasteiger partial charge is 0.251 e. The zero-order valence-electron chi connectivity index (χ0n) is 12.7. The first-order chi connectivity index (χ1) is 9.31. The van der Waals surface area contributed by atoms with Crippen LogP contribution in [-0.4, -0.2) is 16.9 Å². The molecule has 4 heteroatoms. The molecule has 0 aliphatic heterocycles. The molecule has 2 unspecified atom stereocenters. The number of halogens is 1. The monoisotopic (exact) mass is 294 g/mol. The first kappa shape index (κ1) is 15.3. The lowest BCUT2D eigenvalue weighted by molar-refractivity contribution is 0.0948. The van der Waals surface area contributed by atoms with Crippen molar-refractivity contribution in [3.8, 4) is 0 Å². The minimum atomic E-state index is -0.121. The molecule has 1 saturated carbocycles. The van der Waals surface area contributed by atoms with Gasteiger partial charge in [-0.15, -0.1) is 0 Å². The Morgan fingerprint density at radius 2 is 2.15 bits per heavy atom. The van der Waals surface area contributed by atoms with Gasteiger partial charge in [0.15, 0.2) is 0 Å². The Balaban J connectivity index is 2.09. The molecule has 1 heterocycles. The number of carbonyl (C=O) groups excluding carboxylic acids is 1. The number of carbonyl (C=O) groups is 1. The molecule has 0 spiro atoms. The van der Waals surface area contributed by atoms with E-state index < -0.39 is 0 Å². The fraction of sp³-hybridized carbons (Fsp3) is 0.625. The Bertz CT molecular complexity index is 508. The minimum absolute atomic E-state index is 0.0385. The molecule has 1 aliphatic carbocycles. The standard InChI is InChI=1S/C16H23ClN2O/c1-5-6-10-7-12(10)18-15(20)11-8-13(16(2,3)4)19-14(17)9-11/h8-10,12H,5-7H2,1-4H3,(H,18,20). The predicted octanol–water partition coefficient (Wildman–Crippen LogP) is 3.95. The number of pyridine rings is 1. The molecule has 1 N–H and O–H groups in total. The lowest BCUT2D eigenvalue weighted by Gasteiger charge is -2.18. The fourth-order valence-corrected chi connectivity index (χ4v) is 2.59. The van der Waals surface area contributed by atoms with Crippen LogP contribution in [-0.2, 0) is 5.41 Å². The molecule has 0 saturated heterocycles. The number of aromatic nitrogens is 1. The van der Waals surface area contributed by atoms with Gasteiger partial charge < -0.3 is 5.32 Å². The van der Waals surface area contributed by atoms with Gasteiger partial charge in [0.25, 0.3) is 5.91 Å². The van der Waals surface area contributed by atoms with Crippen LogP contribution in [0.5, 0.6) is 0 Å². The zero-order valence-corrected chi connectivity index (χ0v) is 13.4. The van der Waals surface area contributed by atoms with Gasteiger partial charge in [-0.1, -0.05) is 45.7 Å². The summed E-state index contributed by atoms with van der Waals surface area (Å²) in [5.41, 5.74) is 1.33. The van der Waals surface area contributed by atoms with Crippen LogP contribution >= 0.6 is 11.6 Å². The number of nitrogens with zero attached hydrogens (tertiary/aromatic N) is 1. The van der Waals surface area contributed by atoms with Crippen molar-refractivity contribution >= 4 is 17.5 Å². The quantitative estimate of drug-likeness (QED) is 0.854. The van der Waals surface area contributed by atoms with Crippen molar-refractivity contribution in [2.75, 3.05) is 0 Å². The van der Waals surface area contributed by atoms with E-state index in [1.165, 1.54) is 12.8 Å². The van der Waals surface area contributed by atoms with E-state index in [-0.39, 0.29) is 11.3 Å². The molecule has 0 bridgehead atoms. The molecular formula is C16H23ClN2O. The largest absolute Gasteiger partial charge is 0.349 e. The van der Waals surface area contributed by atoms with Crippen LogP contribution in [0.1, 0.15) is 63.0 Å². The van der Waals surface area contributed by atoms with Crippen LogP contribution in [0.4, 0.5) is 0 Å².